The van der Waals surface area contributed by atoms with E-state index < -0.39 is 0 Å². The third-order valence-electron chi connectivity index (χ3n) is 5.37. The number of piperidine rings is 1. The molecule has 5 rings (SSSR count). The van der Waals surface area contributed by atoms with Crippen molar-refractivity contribution in [3.63, 3.8) is 0 Å². The first-order chi connectivity index (χ1) is 15.8. The molecule has 0 aromatic heterocycles. The third kappa shape index (κ3) is 7.70. The summed E-state index contributed by atoms with van der Waals surface area (Å²) >= 11 is 0. The molecule has 4 heteroatoms. The standard InChI is InChI=1S/C18H14P.C11H12FN.Ir/c1-3-9-15(10-4-1)17-13-7-8-14-18(17)19-16-11-5-2-6-12-16;12-10-6-4-9(5-7-10)11-3-1-2-8-13-11;/h1-9,11-14,19H;4,6-7,11H,1-3,8H2;/q-1;-2;+3. The molecular formula is C29H26FIrNP. The molecule has 0 saturated carbocycles. The molecule has 0 aliphatic carbocycles. The molecule has 168 valence electrons. The van der Waals surface area contributed by atoms with Gasteiger partial charge in [0, 0.05) is 5.82 Å². The monoisotopic (exact) mass is 631 g/mol. The predicted molar refractivity (Wildman–Crippen MR) is 135 cm³/mol. The fraction of sp³-hybridized carbons (Fsp3) is 0.172. The first-order valence-corrected chi connectivity index (χ1v) is 12.0. The van der Waals surface area contributed by atoms with Crippen LogP contribution < -0.4 is 10.6 Å². The quantitative estimate of drug-likeness (QED) is 0.170. The van der Waals surface area contributed by atoms with Crippen LogP contribution in [0.4, 0.5) is 4.39 Å². The minimum absolute atomic E-state index is 0. The fourth-order valence-electron chi connectivity index (χ4n) is 3.73. The molecule has 0 amide bonds. The van der Waals surface area contributed by atoms with E-state index in [1.165, 1.54) is 46.7 Å². The molecule has 1 aliphatic heterocycles. The zero-order valence-corrected chi connectivity index (χ0v) is 21.7. The average Bonchev–Trinajstić information content (AvgIpc) is 2.87. The molecule has 0 radical (unpaired) electrons. The number of hydrogen-bond donors (Lipinski definition) is 0. The summed E-state index contributed by atoms with van der Waals surface area (Å²) < 4.78 is 12.6. The number of nitrogens with zero attached hydrogens (tertiary/aromatic N) is 1. The van der Waals surface area contributed by atoms with Crippen LogP contribution in [0.5, 0.6) is 0 Å². The van der Waals surface area contributed by atoms with Crippen molar-refractivity contribution in [3.05, 3.63) is 126 Å². The van der Waals surface area contributed by atoms with Crippen LogP contribution in [0.15, 0.2) is 97.1 Å². The fourth-order valence-corrected chi connectivity index (χ4v) is 4.93. The van der Waals surface area contributed by atoms with Gasteiger partial charge in [0.05, 0.1) is 0 Å². The summed E-state index contributed by atoms with van der Waals surface area (Å²) in [5.74, 6) is -0.223. The van der Waals surface area contributed by atoms with Crippen molar-refractivity contribution in [3.8, 4) is 11.1 Å². The molecular weight excluding hydrogens is 605 g/mol. The summed E-state index contributed by atoms with van der Waals surface area (Å²) in [4.78, 5) is 0. The first-order valence-electron chi connectivity index (χ1n) is 11.0. The first kappa shape index (κ1) is 25.5. The second-order valence-corrected chi connectivity index (χ2v) is 9.06. The molecule has 1 nitrogen and oxygen atoms in total. The summed E-state index contributed by atoms with van der Waals surface area (Å²) in [5.41, 5.74) is 3.48. The van der Waals surface area contributed by atoms with E-state index in [-0.39, 0.29) is 32.0 Å². The van der Waals surface area contributed by atoms with Crippen LogP contribution in [0.2, 0.25) is 0 Å². The van der Waals surface area contributed by atoms with E-state index >= 15 is 0 Å². The van der Waals surface area contributed by atoms with Crippen LogP contribution in [0.25, 0.3) is 16.4 Å². The second-order valence-electron chi connectivity index (χ2n) is 7.69. The molecule has 1 aliphatic rings. The van der Waals surface area contributed by atoms with Crippen molar-refractivity contribution in [1.29, 1.82) is 0 Å². The van der Waals surface area contributed by atoms with E-state index in [2.05, 4.69) is 84.2 Å². The van der Waals surface area contributed by atoms with Gasteiger partial charge in [-0.15, -0.1) is 60.6 Å². The van der Waals surface area contributed by atoms with Crippen LogP contribution >= 0.6 is 8.58 Å². The Labute approximate surface area is 212 Å². The van der Waals surface area contributed by atoms with Gasteiger partial charge in [-0.3, -0.25) is 4.39 Å². The van der Waals surface area contributed by atoms with Crippen molar-refractivity contribution in [2.24, 2.45) is 0 Å². The maximum absolute atomic E-state index is 12.6. The number of halogens is 1. The van der Waals surface area contributed by atoms with E-state index in [1.807, 2.05) is 12.1 Å². The predicted octanol–water partition coefficient (Wildman–Crippen LogP) is 7.01. The molecule has 0 spiro atoms. The minimum atomic E-state index is -0.223. The van der Waals surface area contributed by atoms with Crippen LogP contribution in [0, 0.1) is 17.9 Å². The van der Waals surface area contributed by atoms with Gasteiger partial charge >= 0.3 is 20.1 Å². The van der Waals surface area contributed by atoms with Gasteiger partial charge in [0.15, 0.2) is 0 Å². The summed E-state index contributed by atoms with van der Waals surface area (Å²) in [5, 5.41) is 7.21. The number of benzene rings is 4. The molecule has 33 heavy (non-hydrogen) atoms. The Balaban J connectivity index is 0.000000192. The zero-order chi connectivity index (χ0) is 22.0. The van der Waals surface area contributed by atoms with Gasteiger partial charge in [0.25, 0.3) is 0 Å². The second kappa shape index (κ2) is 13.5. The summed E-state index contributed by atoms with van der Waals surface area (Å²) in [6, 6.07) is 38.5. The SMILES string of the molecule is Fc1c[c-]c(C2CCCC[N-]2)cc1.[Ir+3].[c-]1ccccc1-c1ccccc1Pc1ccccc1. The van der Waals surface area contributed by atoms with Gasteiger partial charge in [-0.25, -0.2) is 0 Å². The van der Waals surface area contributed by atoms with Gasteiger partial charge in [0.2, 0.25) is 0 Å². The van der Waals surface area contributed by atoms with E-state index in [9.17, 15) is 4.39 Å². The molecule has 0 bridgehead atoms. The van der Waals surface area contributed by atoms with Crippen molar-refractivity contribution < 1.29 is 24.5 Å². The smallest absolute Gasteiger partial charge is 0.657 e. The third-order valence-corrected chi connectivity index (χ3v) is 6.70. The van der Waals surface area contributed by atoms with Gasteiger partial charge in [-0.2, -0.15) is 17.7 Å². The molecule has 0 N–H and O–H groups in total. The van der Waals surface area contributed by atoms with E-state index in [1.54, 1.807) is 6.07 Å². The van der Waals surface area contributed by atoms with Gasteiger partial charge in [0.1, 0.15) is 0 Å². The van der Waals surface area contributed by atoms with Gasteiger partial charge < -0.3 is 5.32 Å². The van der Waals surface area contributed by atoms with Gasteiger partial charge in [-0.05, 0) is 5.30 Å². The summed E-state index contributed by atoms with van der Waals surface area (Å²) in [6.45, 7) is 0.940. The Morgan fingerprint density at radius 2 is 1.61 bits per heavy atom. The van der Waals surface area contributed by atoms with Crippen LogP contribution in [0.3, 0.4) is 0 Å². The Bertz CT molecular complexity index is 1080. The Hall–Kier alpha value is -2.15. The Morgan fingerprint density at radius 1 is 0.818 bits per heavy atom. The normalized spacial score (nSPS) is 15.4. The number of rotatable bonds is 4. The molecule has 2 unspecified atom stereocenters. The summed E-state index contributed by atoms with van der Waals surface area (Å²) in [6.07, 6.45) is 3.50. The van der Waals surface area contributed by atoms with E-state index in [4.69, 9.17) is 0 Å². The summed E-state index contributed by atoms with van der Waals surface area (Å²) in [7, 11) is 0.681. The van der Waals surface area contributed by atoms with Crippen LogP contribution in [0.1, 0.15) is 30.9 Å². The average molecular weight is 631 g/mol. The van der Waals surface area contributed by atoms with E-state index in [0.29, 0.717) is 8.58 Å². The number of hydrogen-bond acceptors (Lipinski definition) is 0. The molecule has 2 atom stereocenters. The Morgan fingerprint density at radius 3 is 2.30 bits per heavy atom. The zero-order valence-electron chi connectivity index (χ0n) is 18.3. The van der Waals surface area contributed by atoms with E-state index in [0.717, 1.165) is 18.5 Å². The van der Waals surface area contributed by atoms with Crippen molar-refractivity contribution in [1.82, 2.24) is 0 Å². The molecule has 4 aromatic rings. The minimum Gasteiger partial charge on any atom is -0.657 e. The molecule has 1 saturated heterocycles. The van der Waals surface area contributed by atoms with Crippen LogP contribution in [-0.2, 0) is 20.1 Å². The Kier molecular flexibility index (Phi) is 10.4. The maximum Gasteiger partial charge on any atom is 3.00 e. The molecule has 1 heterocycles. The van der Waals surface area contributed by atoms with Crippen molar-refractivity contribution >= 4 is 19.2 Å². The van der Waals surface area contributed by atoms with Crippen molar-refractivity contribution in [2.45, 2.75) is 25.3 Å². The maximum atomic E-state index is 12.6. The molecule has 1 fully saturated rings. The van der Waals surface area contributed by atoms with Crippen molar-refractivity contribution in [2.75, 3.05) is 6.54 Å². The topological polar surface area (TPSA) is 14.1 Å². The molecule has 4 aromatic carbocycles. The largest absolute Gasteiger partial charge is 3.00 e. The van der Waals surface area contributed by atoms with Gasteiger partial charge in [-0.1, -0.05) is 93.3 Å². The van der Waals surface area contributed by atoms with Crippen LogP contribution in [-0.4, -0.2) is 6.54 Å².